The largest absolute Gasteiger partial charge is 0.480 e. The van der Waals surface area contributed by atoms with Crippen molar-refractivity contribution >= 4 is 27.4 Å². The van der Waals surface area contributed by atoms with Crippen LogP contribution in [0.1, 0.15) is 5.56 Å². The Labute approximate surface area is 134 Å². The monoisotopic (exact) mass is 335 g/mol. The van der Waals surface area contributed by atoms with Gasteiger partial charge >= 0.3 is 5.97 Å². The van der Waals surface area contributed by atoms with Gasteiger partial charge in [-0.2, -0.15) is 4.72 Å². The molecule has 1 atom stereocenters. The van der Waals surface area contributed by atoms with Crippen LogP contribution < -0.4 is 16.2 Å². The number of nitrogen functional groups attached to an aromatic ring is 2. The zero-order valence-corrected chi connectivity index (χ0v) is 13.0. The molecule has 0 saturated heterocycles. The first kappa shape index (κ1) is 16.8. The summed E-state index contributed by atoms with van der Waals surface area (Å²) in [5.74, 6) is -1.27. The van der Waals surface area contributed by atoms with Gasteiger partial charge in [-0.15, -0.1) is 0 Å². The van der Waals surface area contributed by atoms with Crippen LogP contribution in [-0.2, 0) is 21.2 Å². The lowest BCUT2D eigenvalue weighted by Gasteiger charge is -2.16. The van der Waals surface area contributed by atoms with E-state index in [1.807, 2.05) is 0 Å². The van der Waals surface area contributed by atoms with Crippen molar-refractivity contribution in [2.45, 2.75) is 17.4 Å². The Morgan fingerprint density at radius 3 is 2.35 bits per heavy atom. The van der Waals surface area contributed by atoms with E-state index < -0.39 is 22.0 Å². The summed E-state index contributed by atoms with van der Waals surface area (Å²) < 4.78 is 26.9. The fourth-order valence-electron chi connectivity index (χ4n) is 2.09. The van der Waals surface area contributed by atoms with Crippen LogP contribution in [0.5, 0.6) is 0 Å². The molecule has 0 aliphatic heterocycles. The Hall–Kier alpha value is -2.58. The van der Waals surface area contributed by atoms with Gasteiger partial charge in [-0.3, -0.25) is 4.79 Å². The topological polar surface area (TPSA) is 136 Å². The van der Waals surface area contributed by atoms with E-state index in [-0.39, 0.29) is 17.0 Å². The highest BCUT2D eigenvalue weighted by Crippen LogP contribution is 2.21. The normalized spacial score (nSPS) is 12.7. The molecular formula is C15H17N3O4S. The van der Waals surface area contributed by atoms with Crippen molar-refractivity contribution in [3.05, 3.63) is 54.1 Å². The second-order valence-electron chi connectivity index (χ2n) is 5.00. The molecule has 0 spiro atoms. The van der Waals surface area contributed by atoms with Crippen molar-refractivity contribution in [2.24, 2.45) is 0 Å². The predicted octanol–water partition coefficient (Wildman–Crippen LogP) is 0.825. The average molecular weight is 335 g/mol. The summed E-state index contributed by atoms with van der Waals surface area (Å²) in [6, 6.07) is 11.4. The number of aliphatic carboxylic acids is 1. The van der Waals surface area contributed by atoms with Gasteiger partial charge in [0, 0.05) is 5.69 Å². The number of hydrogen-bond acceptors (Lipinski definition) is 5. The summed E-state index contributed by atoms with van der Waals surface area (Å²) in [5, 5.41) is 9.28. The van der Waals surface area contributed by atoms with Crippen molar-refractivity contribution in [3.63, 3.8) is 0 Å². The molecule has 2 aromatic rings. The minimum Gasteiger partial charge on any atom is -0.480 e. The van der Waals surface area contributed by atoms with Gasteiger partial charge in [-0.05, 0) is 30.2 Å². The molecule has 1 unspecified atom stereocenters. The lowest BCUT2D eigenvalue weighted by Crippen LogP contribution is -2.42. The zero-order chi connectivity index (χ0) is 17.0. The highest BCUT2D eigenvalue weighted by Gasteiger charge is 2.27. The van der Waals surface area contributed by atoms with Crippen LogP contribution in [-0.4, -0.2) is 25.5 Å². The SMILES string of the molecule is Nc1ccc(S(=O)(=O)NC(Cc2ccccc2)C(=O)O)c(N)c1. The highest BCUT2D eigenvalue weighted by molar-refractivity contribution is 7.89. The number of anilines is 2. The number of carboxylic acids is 1. The third kappa shape index (κ3) is 4.21. The van der Waals surface area contributed by atoms with Crippen LogP contribution in [0.4, 0.5) is 11.4 Å². The molecule has 0 aliphatic rings. The molecule has 2 aromatic carbocycles. The van der Waals surface area contributed by atoms with Gasteiger partial charge in [-0.1, -0.05) is 30.3 Å². The predicted molar refractivity (Wildman–Crippen MR) is 87.2 cm³/mol. The standard InChI is InChI=1S/C15H17N3O4S/c16-11-6-7-14(12(17)9-11)23(21,22)18-13(15(19)20)8-10-4-2-1-3-5-10/h1-7,9,13,18H,8,16-17H2,(H,19,20). The van der Waals surface area contributed by atoms with Crippen LogP contribution in [0.2, 0.25) is 0 Å². The van der Waals surface area contributed by atoms with E-state index in [0.717, 1.165) is 0 Å². The quantitative estimate of drug-likeness (QED) is 0.577. The lowest BCUT2D eigenvalue weighted by molar-refractivity contribution is -0.138. The highest BCUT2D eigenvalue weighted by atomic mass is 32.2. The fourth-order valence-corrected chi connectivity index (χ4v) is 3.39. The van der Waals surface area contributed by atoms with Crippen molar-refractivity contribution in [1.29, 1.82) is 0 Å². The maximum absolute atomic E-state index is 12.4. The third-order valence-electron chi connectivity index (χ3n) is 3.20. The van der Waals surface area contributed by atoms with Gasteiger partial charge in [-0.25, -0.2) is 8.42 Å². The van der Waals surface area contributed by atoms with Crippen LogP contribution in [0.25, 0.3) is 0 Å². The number of hydrogen-bond donors (Lipinski definition) is 4. The molecule has 23 heavy (non-hydrogen) atoms. The Morgan fingerprint density at radius 2 is 1.78 bits per heavy atom. The summed E-state index contributed by atoms with van der Waals surface area (Å²) in [5.41, 5.74) is 12.2. The van der Waals surface area contributed by atoms with E-state index in [1.54, 1.807) is 30.3 Å². The molecule has 0 bridgehead atoms. The molecule has 6 N–H and O–H groups in total. The molecule has 122 valence electrons. The maximum Gasteiger partial charge on any atom is 0.322 e. The first-order valence-corrected chi connectivity index (χ1v) is 8.22. The fraction of sp³-hybridized carbons (Fsp3) is 0.133. The van der Waals surface area contributed by atoms with Crippen molar-refractivity contribution < 1.29 is 18.3 Å². The van der Waals surface area contributed by atoms with Crippen LogP contribution in [0.15, 0.2) is 53.4 Å². The second kappa shape index (κ2) is 6.67. The van der Waals surface area contributed by atoms with Crippen molar-refractivity contribution in [3.8, 4) is 0 Å². The molecule has 0 aliphatic carbocycles. The Bertz CT molecular complexity index is 807. The van der Waals surface area contributed by atoms with E-state index in [2.05, 4.69) is 4.72 Å². The van der Waals surface area contributed by atoms with E-state index in [9.17, 15) is 18.3 Å². The van der Waals surface area contributed by atoms with Gasteiger partial charge < -0.3 is 16.6 Å². The van der Waals surface area contributed by atoms with Gasteiger partial charge in [0.2, 0.25) is 10.0 Å². The summed E-state index contributed by atoms with van der Waals surface area (Å²) in [6.45, 7) is 0. The number of nitrogens with two attached hydrogens (primary N) is 2. The molecular weight excluding hydrogens is 318 g/mol. The van der Waals surface area contributed by atoms with Gasteiger partial charge in [0.15, 0.2) is 0 Å². The second-order valence-corrected chi connectivity index (χ2v) is 6.68. The molecule has 0 saturated carbocycles. The minimum atomic E-state index is -4.08. The molecule has 0 amide bonds. The molecule has 0 aromatic heterocycles. The minimum absolute atomic E-state index is 0.0181. The van der Waals surface area contributed by atoms with E-state index >= 15 is 0 Å². The number of carboxylic acid groups (broad SMARTS) is 1. The van der Waals surface area contributed by atoms with Gasteiger partial charge in [0.05, 0.1) is 5.69 Å². The third-order valence-corrected chi connectivity index (χ3v) is 4.75. The number of sulfonamides is 1. The first-order valence-electron chi connectivity index (χ1n) is 6.73. The Balaban J connectivity index is 2.26. The van der Waals surface area contributed by atoms with Crippen LogP contribution in [0, 0.1) is 0 Å². The number of carbonyl (C=O) groups is 1. The van der Waals surface area contributed by atoms with Gasteiger partial charge in [0.1, 0.15) is 10.9 Å². The molecule has 8 heteroatoms. The lowest BCUT2D eigenvalue weighted by atomic mass is 10.1. The summed E-state index contributed by atoms with van der Waals surface area (Å²) in [7, 11) is -4.08. The maximum atomic E-state index is 12.4. The summed E-state index contributed by atoms with van der Waals surface area (Å²) in [4.78, 5) is 11.2. The van der Waals surface area contributed by atoms with E-state index in [1.165, 1.54) is 18.2 Å². The van der Waals surface area contributed by atoms with Crippen molar-refractivity contribution in [2.75, 3.05) is 11.5 Å². The van der Waals surface area contributed by atoms with Crippen LogP contribution >= 0.6 is 0 Å². The van der Waals surface area contributed by atoms with Crippen LogP contribution in [0.3, 0.4) is 0 Å². The average Bonchev–Trinajstić information content (AvgIpc) is 2.46. The van der Waals surface area contributed by atoms with E-state index in [0.29, 0.717) is 11.3 Å². The van der Waals surface area contributed by atoms with E-state index in [4.69, 9.17) is 11.5 Å². The number of benzene rings is 2. The first-order chi connectivity index (χ1) is 10.8. The molecule has 7 nitrogen and oxygen atoms in total. The molecule has 0 fully saturated rings. The smallest absolute Gasteiger partial charge is 0.322 e. The Morgan fingerprint density at radius 1 is 1.13 bits per heavy atom. The summed E-state index contributed by atoms with van der Waals surface area (Å²) in [6.07, 6.45) is 0.0181. The Kier molecular flexibility index (Phi) is 4.87. The summed E-state index contributed by atoms with van der Waals surface area (Å²) >= 11 is 0. The zero-order valence-electron chi connectivity index (χ0n) is 12.1. The number of nitrogens with one attached hydrogen (secondary N) is 1. The van der Waals surface area contributed by atoms with Crippen molar-refractivity contribution in [1.82, 2.24) is 4.72 Å². The molecule has 0 heterocycles. The van der Waals surface area contributed by atoms with Gasteiger partial charge in [0.25, 0.3) is 0 Å². The molecule has 0 radical (unpaired) electrons. The number of rotatable bonds is 6. The molecule has 2 rings (SSSR count).